The molecular formula is C31H36N2O7. The first kappa shape index (κ1) is 29.2. The largest absolute Gasteiger partial charge is 0.508 e. The number of carbonyl (C=O) groups is 2. The second-order valence-electron chi connectivity index (χ2n) is 10.9. The van der Waals surface area contributed by atoms with E-state index in [4.69, 9.17) is 0 Å². The second-order valence-corrected chi connectivity index (χ2v) is 10.9. The van der Waals surface area contributed by atoms with Gasteiger partial charge in [0.2, 0.25) is 11.8 Å². The molecule has 0 aromatic heterocycles. The van der Waals surface area contributed by atoms with Gasteiger partial charge < -0.3 is 15.3 Å². The lowest BCUT2D eigenvalue weighted by Gasteiger charge is -2.38. The molecule has 2 amide bonds. The highest BCUT2D eigenvalue weighted by molar-refractivity contribution is 6.22. The van der Waals surface area contributed by atoms with Gasteiger partial charge in [0.15, 0.2) is 0 Å². The first-order chi connectivity index (χ1) is 19.1. The van der Waals surface area contributed by atoms with Crippen molar-refractivity contribution in [2.24, 2.45) is 23.7 Å². The Labute approximate surface area is 233 Å². The number of benzene rings is 2. The summed E-state index contributed by atoms with van der Waals surface area (Å²) in [5, 5.41) is 42.9. The molecule has 1 heterocycles. The van der Waals surface area contributed by atoms with Crippen molar-refractivity contribution in [3.63, 3.8) is 0 Å². The van der Waals surface area contributed by atoms with E-state index < -0.39 is 47.2 Å². The zero-order valence-electron chi connectivity index (χ0n) is 23.0. The molecule has 40 heavy (non-hydrogen) atoms. The van der Waals surface area contributed by atoms with Gasteiger partial charge >= 0.3 is 0 Å². The molecule has 9 nitrogen and oxygen atoms in total. The summed E-state index contributed by atoms with van der Waals surface area (Å²) in [5.74, 6) is -3.09. The molecule has 0 unspecified atom stereocenters. The second kappa shape index (κ2) is 12.1. The number of hydrogen-bond acceptors (Lipinski definition) is 7. The van der Waals surface area contributed by atoms with E-state index >= 15 is 0 Å². The number of aromatic hydroxyl groups is 1. The topological polar surface area (TPSA) is 141 Å². The zero-order valence-corrected chi connectivity index (χ0v) is 23.0. The number of imide groups is 1. The van der Waals surface area contributed by atoms with E-state index in [0.29, 0.717) is 18.4 Å². The van der Waals surface area contributed by atoms with Crippen molar-refractivity contribution in [3.8, 4) is 5.75 Å². The Morgan fingerprint density at radius 3 is 2.45 bits per heavy atom. The Kier molecular flexibility index (Phi) is 8.85. The van der Waals surface area contributed by atoms with E-state index in [0.717, 1.165) is 28.0 Å². The summed E-state index contributed by atoms with van der Waals surface area (Å²) in [6.07, 6.45) is 3.13. The molecule has 9 heteroatoms. The molecule has 0 bridgehead atoms. The van der Waals surface area contributed by atoms with Crippen LogP contribution in [0.3, 0.4) is 0 Å². The van der Waals surface area contributed by atoms with Gasteiger partial charge in [-0.3, -0.25) is 19.7 Å². The average Bonchev–Trinajstić information content (AvgIpc) is 3.19. The zero-order chi connectivity index (χ0) is 29.1. The minimum atomic E-state index is -0.917. The third kappa shape index (κ3) is 5.71. The number of rotatable bonds is 10. The predicted molar refractivity (Wildman–Crippen MR) is 151 cm³/mol. The first-order valence-corrected chi connectivity index (χ1v) is 13.7. The molecule has 0 saturated carbocycles. The van der Waals surface area contributed by atoms with Gasteiger partial charge in [-0.2, -0.15) is 0 Å². The van der Waals surface area contributed by atoms with Crippen LogP contribution in [0, 0.1) is 33.8 Å². The summed E-state index contributed by atoms with van der Waals surface area (Å²) in [4.78, 5) is 38.9. The maximum atomic E-state index is 13.7. The van der Waals surface area contributed by atoms with Crippen LogP contribution in [0.5, 0.6) is 5.75 Å². The van der Waals surface area contributed by atoms with Gasteiger partial charge in [-0.05, 0) is 60.9 Å². The van der Waals surface area contributed by atoms with Gasteiger partial charge in [0.1, 0.15) is 5.75 Å². The summed E-state index contributed by atoms with van der Waals surface area (Å²) < 4.78 is 0. The van der Waals surface area contributed by atoms with Crippen LogP contribution in [0.2, 0.25) is 0 Å². The average molecular weight is 549 g/mol. The number of aliphatic hydroxyl groups is 2. The van der Waals surface area contributed by atoms with Crippen LogP contribution in [0.4, 0.5) is 11.4 Å². The van der Waals surface area contributed by atoms with Crippen molar-refractivity contribution in [3.05, 3.63) is 80.9 Å². The fraction of sp³-hybridized carbons (Fsp3) is 0.419. The van der Waals surface area contributed by atoms with E-state index in [9.17, 15) is 35.0 Å². The first-order valence-electron chi connectivity index (χ1n) is 13.7. The van der Waals surface area contributed by atoms with Crippen molar-refractivity contribution in [2.45, 2.75) is 52.6 Å². The Bertz CT molecular complexity index is 1350. The molecule has 2 aromatic carbocycles. The summed E-state index contributed by atoms with van der Waals surface area (Å²) in [5.41, 5.74) is 3.45. The smallest absolute Gasteiger partial charge is 0.271 e. The number of amides is 2. The Morgan fingerprint density at radius 2 is 1.85 bits per heavy atom. The minimum absolute atomic E-state index is 0.0207. The molecule has 1 aliphatic heterocycles. The van der Waals surface area contributed by atoms with E-state index in [-0.39, 0.29) is 29.5 Å². The number of nitrogens with zero attached hydrogens (tertiary/aromatic N) is 2. The van der Waals surface area contributed by atoms with E-state index in [1.165, 1.54) is 24.3 Å². The lowest BCUT2D eigenvalue weighted by molar-refractivity contribution is -0.384. The molecule has 1 saturated heterocycles. The normalized spacial score (nSPS) is 22.2. The highest BCUT2D eigenvalue weighted by atomic mass is 16.6. The maximum Gasteiger partial charge on any atom is 0.271 e. The highest BCUT2D eigenvalue weighted by Crippen LogP contribution is 2.49. The van der Waals surface area contributed by atoms with Gasteiger partial charge in [-0.15, -0.1) is 0 Å². The fourth-order valence-corrected chi connectivity index (χ4v) is 6.08. The monoisotopic (exact) mass is 548 g/mol. The third-order valence-electron chi connectivity index (χ3n) is 8.13. The van der Waals surface area contributed by atoms with Crippen LogP contribution in [-0.2, 0) is 9.59 Å². The van der Waals surface area contributed by atoms with Crippen LogP contribution in [0.25, 0.3) is 6.08 Å². The standard InChI is InChI=1S/C31H36N2O7/c1-4-19(14-20-8-11-23(35)12-9-20)10-13-27(36)28-24(18(2)3)16-25-29(26(28)17-34)31(38)32(30(25)37)21-6-5-7-22(15-21)33(39)40/h5-9,11-12,14-15,18,25-27,29,34-36H,4,10,13,16-17H2,1-3H3/b19-14+/t25-,26+,27-,29-/m1/s1. The number of allylic oxidation sites excluding steroid dienone is 2. The molecule has 2 aliphatic rings. The number of fused-ring (bicyclic) bond motifs is 1. The molecule has 2 aromatic rings. The van der Waals surface area contributed by atoms with Crippen LogP contribution in [-0.4, -0.2) is 44.8 Å². The van der Waals surface area contributed by atoms with Crippen molar-refractivity contribution >= 4 is 29.3 Å². The molecular weight excluding hydrogens is 512 g/mol. The van der Waals surface area contributed by atoms with Crippen molar-refractivity contribution < 1.29 is 29.8 Å². The van der Waals surface area contributed by atoms with Gasteiger partial charge in [-0.25, -0.2) is 4.90 Å². The number of aliphatic hydroxyl groups excluding tert-OH is 2. The molecule has 1 aliphatic carbocycles. The fourth-order valence-electron chi connectivity index (χ4n) is 6.08. The van der Waals surface area contributed by atoms with Gasteiger partial charge in [-0.1, -0.05) is 56.2 Å². The quantitative estimate of drug-likeness (QED) is 0.164. The number of carbonyl (C=O) groups excluding carboxylic acids is 2. The Balaban J connectivity index is 1.62. The van der Waals surface area contributed by atoms with Crippen LogP contribution < -0.4 is 4.90 Å². The number of nitro groups is 1. The van der Waals surface area contributed by atoms with Gasteiger partial charge in [0.05, 0.1) is 35.2 Å². The predicted octanol–water partition coefficient (Wildman–Crippen LogP) is 5.01. The Morgan fingerprint density at radius 1 is 1.15 bits per heavy atom. The molecule has 3 N–H and O–H groups in total. The Hall–Kier alpha value is -3.82. The van der Waals surface area contributed by atoms with Crippen molar-refractivity contribution in [1.29, 1.82) is 0 Å². The molecule has 4 rings (SSSR count). The summed E-state index contributed by atoms with van der Waals surface area (Å²) in [7, 11) is 0. The number of nitro benzene ring substituents is 1. The number of anilines is 1. The van der Waals surface area contributed by atoms with Crippen LogP contribution >= 0.6 is 0 Å². The van der Waals surface area contributed by atoms with Crippen LogP contribution in [0.1, 0.15) is 52.0 Å². The third-order valence-corrected chi connectivity index (χ3v) is 8.13. The molecule has 0 spiro atoms. The lowest BCUT2D eigenvalue weighted by Crippen LogP contribution is -2.39. The van der Waals surface area contributed by atoms with E-state index in [1.807, 2.05) is 39.0 Å². The lowest BCUT2D eigenvalue weighted by atomic mass is 9.66. The summed E-state index contributed by atoms with van der Waals surface area (Å²) in [6.45, 7) is 5.57. The van der Waals surface area contributed by atoms with Crippen LogP contribution in [0.15, 0.2) is 65.3 Å². The number of phenols is 1. The summed E-state index contributed by atoms with van der Waals surface area (Å²) >= 11 is 0. The van der Waals surface area contributed by atoms with Crippen molar-refractivity contribution in [2.75, 3.05) is 11.5 Å². The highest BCUT2D eigenvalue weighted by Gasteiger charge is 2.55. The minimum Gasteiger partial charge on any atom is -0.508 e. The molecule has 1 fully saturated rings. The molecule has 212 valence electrons. The maximum absolute atomic E-state index is 13.7. The van der Waals surface area contributed by atoms with Crippen molar-refractivity contribution in [1.82, 2.24) is 0 Å². The number of non-ortho nitro benzene ring substituents is 1. The van der Waals surface area contributed by atoms with Gasteiger partial charge in [0.25, 0.3) is 5.69 Å². The molecule has 4 atom stereocenters. The van der Waals surface area contributed by atoms with E-state index in [2.05, 4.69) is 0 Å². The molecule has 0 radical (unpaired) electrons. The van der Waals surface area contributed by atoms with Gasteiger partial charge in [0, 0.05) is 18.1 Å². The SMILES string of the molecule is CC/C(=C\c1ccc(O)cc1)CC[C@@H](O)C1=C(C(C)C)C[C@H]2C(=O)N(c3cccc([N+](=O)[O-])c3)C(=O)[C@H]2[C@H]1CO. The number of phenolic OH excluding ortho intramolecular Hbond substituents is 1. The number of hydrogen-bond donors (Lipinski definition) is 3. The van der Waals surface area contributed by atoms with E-state index in [1.54, 1.807) is 12.1 Å². The summed E-state index contributed by atoms with van der Waals surface area (Å²) in [6, 6.07) is 12.3.